The molecule has 2 amide bonds. The van der Waals surface area contributed by atoms with E-state index in [4.69, 9.17) is 4.74 Å². The van der Waals surface area contributed by atoms with Gasteiger partial charge in [0.15, 0.2) is 0 Å². The largest absolute Gasteiger partial charge is 0.496 e. The van der Waals surface area contributed by atoms with Gasteiger partial charge >= 0.3 is 6.18 Å². The van der Waals surface area contributed by atoms with Gasteiger partial charge in [-0.15, -0.1) is 0 Å². The first-order valence-electron chi connectivity index (χ1n) is 10.6. The number of nitrogens with one attached hydrogen (secondary N) is 1. The van der Waals surface area contributed by atoms with Crippen LogP contribution in [-0.4, -0.2) is 24.5 Å². The molecule has 0 fully saturated rings. The smallest absolute Gasteiger partial charge is 0.416 e. The fourth-order valence-corrected chi connectivity index (χ4v) is 4.28. The van der Waals surface area contributed by atoms with E-state index in [9.17, 15) is 22.8 Å². The van der Waals surface area contributed by atoms with Crippen LogP contribution in [0.5, 0.6) is 5.75 Å². The van der Waals surface area contributed by atoms with E-state index in [0.717, 1.165) is 17.7 Å². The molecule has 1 atom stereocenters. The lowest BCUT2D eigenvalue weighted by Gasteiger charge is -2.44. The second-order valence-electron chi connectivity index (χ2n) is 8.29. The van der Waals surface area contributed by atoms with E-state index in [1.54, 1.807) is 37.3 Å². The molecule has 1 aliphatic heterocycles. The SMILES string of the molecule is COc1ccccc1CNC(=O)[C@]1(C)Cc2ccccc2C(=O)N1c1ccc(C(F)(F)F)cc1. The fraction of sp³-hybridized carbons (Fsp3) is 0.231. The van der Waals surface area contributed by atoms with Crippen molar-refractivity contribution in [3.8, 4) is 5.75 Å². The Balaban J connectivity index is 1.71. The maximum atomic E-state index is 13.5. The minimum Gasteiger partial charge on any atom is -0.496 e. The molecule has 176 valence electrons. The molecule has 0 unspecified atom stereocenters. The number of hydrogen-bond donors (Lipinski definition) is 1. The third kappa shape index (κ3) is 4.23. The molecule has 0 bridgehead atoms. The highest BCUT2D eigenvalue weighted by Crippen LogP contribution is 2.37. The van der Waals surface area contributed by atoms with Crippen molar-refractivity contribution in [3.05, 3.63) is 95.1 Å². The predicted molar refractivity (Wildman–Crippen MR) is 122 cm³/mol. The molecule has 0 saturated carbocycles. The summed E-state index contributed by atoms with van der Waals surface area (Å²) in [5.41, 5.74) is -0.118. The predicted octanol–water partition coefficient (Wildman–Crippen LogP) is 4.99. The average Bonchev–Trinajstić information content (AvgIpc) is 2.82. The van der Waals surface area contributed by atoms with Gasteiger partial charge in [-0.25, -0.2) is 0 Å². The quantitative estimate of drug-likeness (QED) is 0.574. The Kier molecular flexibility index (Phi) is 6.08. The van der Waals surface area contributed by atoms with Crippen molar-refractivity contribution in [2.75, 3.05) is 12.0 Å². The zero-order valence-electron chi connectivity index (χ0n) is 18.6. The van der Waals surface area contributed by atoms with Gasteiger partial charge in [-0.2, -0.15) is 13.2 Å². The van der Waals surface area contributed by atoms with E-state index >= 15 is 0 Å². The Morgan fingerprint density at radius 2 is 1.68 bits per heavy atom. The highest BCUT2D eigenvalue weighted by molar-refractivity contribution is 6.14. The van der Waals surface area contributed by atoms with E-state index in [-0.39, 0.29) is 18.7 Å². The second kappa shape index (κ2) is 8.85. The van der Waals surface area contributed by atoms with Crippen LogP contribution in [0.25, 0.3) is 0 Å². The Hall–Kier alpha value is -3.81. The van der Waals surface area contributed by atoms with Crippen molar-refractivity contribution in [1.29, 1.82) is 0 Å². The van der Waals surface area contributed by atoms with Crippen LogP contribution in [0.15, 0.2) is 72.8 Å². The number of methoxy groups -OCH3 is 1. The van der Waals surface area contributed by atoms with Crippen molar-refractivity contribution >= 4 is 17.5 Å². The monoisotopic (exact) mass is 468 g/mol. The first kappa shape index (κ1) is 23.4. The Bertz CT molecular complexity index is 1220. The number of carbonyl (C=O) groups excluding carboxylic acids is 2. The number of ether oxygens (including phenoxy) is 1. The number of alkyl halides is 3. The topological polar surface area (TPSA) is 58.6 Å². The number of halogens is 3. The van der Waals surface area contributed by atoms with Gasteiger partial charge < -0.3 is 10.1 Å². The molecule has 4 rings (SSSR count). The summed E-state index contributed by atoms with van der Waals surface area (Å²) in [5.74, 6) is -0.268. The van der Waals surface area contributed by atoms with Gasteiger partial charge in [-0.1, -0.05) is 36.4 Å². The molecule has 0 radical (unpaired) electrons. The van der Waals surface area contributed by atoms with Crippen LogP contribution < -0.4 is 15.0 Å². The molecule has 34 heavy (non-hydrogen) atoms. The number of para-hydroxylation sites is 1. The van der Waals surface area contributed by atoms with Crippen LogP contribution in [0.4, 0.5) is 18.9 Å². The molecule has 0 spiro atoms. The van der Waals surface area contributed by atoms with Gasteiger partial charge in [-0.05, 0) is 48.9 Å². The molecule has 5 nitrogen and oxygen atoms in total. The van der Waals surface area contributed by atoms with Gasteiger partial charge in [0.1, 0.15) is 11.3 Å². The summed E-state index contributed by atoms with van der Waals surface area (Å²) < 4.78 is 44.6. The van der Waals surface area contributed by atoms with Crippen LogP contribution in [0.2, 0.25) is 0 Å². The summed E-state index contributed by atoms with van der Waals surface area (Å²) in [6, 6.07) is 18.4. The molecular weight excluding hydrogens is 445 g/mol. The lowest BCUT2D eigenvalue weighted by atomic mass is 9.82. The van der Waals surface area contributed by atoms with Gasteiger partial charge in [0.25, 0.3) is 5.91 Å². The van der Waals surface area contributed by atoms with E-state index < -0.39 is 29.1 Å². The molecule has 1 heterocycles. The lowest BCUT2D eigenvalue weighted by Crippen LogP contribution is -2.63. The Labute approximate surface area is 195 Å². The van der Waals surface area contributed by atoms with Crippen molar-refractivity contribution in [3.63, 3.8) is 0 Å². The maximum Gasteiger partial charge on any atom is 0.416 e. The van der Waals surface area contributed by atoms with E-state index in [1.165, 1.54) is 24.1 Å². The number of hydrogen-bond acceptors (Lipinski definition) is 3. The highest BCUT2D eigenvalue weighted by Gasteiger charge is 2.47. The molecule has 3 aromatic rings. The number of rotatable bonds is 5. The normalized spacial score (nSPS) is 17.8. The van der Waals surface area contributed by atoms with E-state index in [1.807, 2.05) is 18.2 Å². The van der Waals surface area contributed by atoms with Crippen molar-refractivity contribution in [1.82, 2.24) is 5.32 Å². The van der Waals surface area contributed by atoms with Crippen molar-refractivity contribution in [2.24, 2.45) is 0 Å². The number of benzene rings is 3. The zero-order valence-corrected chi connectivity index (χ0v) is 18.6. The standard InChI is InChI=1S/C26H23F3N2O3/c1-25(24(33)30-16-18-8-4-6-10-22(18)34-2)15-17-7-3-5-9-21(17)23(32)31(25)20-13-11-19(12-14-20)26(27,28)29/h3-14H,15-16H2,1-2H3,(H,30,33)/t25-/m0/s1. The molecule has 1 N–H and O–H groups in total. The molecule has 0 aliphatic carbocycles. The van der Waals surface area contributed by atoms with Gasteiger partial charge in [0.05, 0.1) is 12.7 Å². The number of fused-ring (bicyclic) bond motifs is 1. The van der Waals surface area contributed by atoms with Crippen LogP contribution in [-0.2, 0) is 23.9 Å². The summed E-state index contributed by atoms with van der Waals surface area (Å²) in [7, 11) is 1.53. The van der Waals surface area contributed by atoms with Crippen LogP contribution in [0.1, 0.15) is 34.0 Å². The lowest BCUT2D eigenvalue weighted by molar-refractivity contribution is -0.137. The third-order valence-corrected chi connectivity index (χ3v) is 6.05. The first-order chi connectivity index (χ1) is 16.1. The molecule has 1 aliphatic rings. The minimum atomic E-state index is -4.51. The molecule has 8 heteroatoms. The summed E-state index contributed by atoms with van der Waals surface area (Å²) in [6.07, 6.45) is -4.31. The molecule has 0 aromatic heterocycles. The summed E-state index contributed by atoms with van der Waals surface area (Å²) in [6.45, 7) is 1.78. The Morgan fingerprint density at radius 1 is 1.03 bits per heavy atom. The number of amides is 2. The summed E-state index contributed by atoms with van der Waals surface area (Å²) >= 11 is 0. The van der Waals surface area contributed by atoms with E-state index in [0.29, 0.717) is 16.9 Å². The number of nitrogens with zero attached hydrogens (tertiary/aromatic N) is 1. The molecular formula is C26H23F3N2O3. The van der Waals surface area contributed by atoms with Crippen molar-refractivity contribution < 1.29 is 27.5 Å². The number of anilines is 1. The van der Waals surface area contributed by atoms with Crippen LogP contribution >= 0.6 is 0 Å². The minimum absolute atomic E-state index is 0.162. The summed E-state index contributed by atoms with van der Waals surface area (Å²) in [4.78, 5) is 28.3. The maximum absolute atomic E-state index is 13.5. The van der Waals surface area contributed by atoms with Crippen LogP contribution in [0.3, 0.4) is 0 Å². The molecule has 0 saturated heterocycles. The second-order valence-corrected chi connectivity index (χ2v) is 8.29. The third-order valence-electron chi connectivity index (χ3n) is 6.05. The van der Waals surface area contributed by atoms with Crippen LogP contribution in [0, 0.1) is 0 Å². The zero-order chi connectivity index (χ0) is 24.5. The average molecular weight is 468 g/mol. The van der Waals surface area contributed by atoms with E-state index in [2.05, 4.69) is 5.32 Å². The molecule has 3 aromatic carbocycles. The fourth-order valence-electron chi connectivity index (χ4n) is 4.28. The summed E-state index contributed by atoms with van der Waals surface area (Å²) in [5, 5.41) is 2.88. The Morgan fingerprint density at radius 3 is 2.35 bits per heavy atom. The van der Waals surface area contributed by atoms with Crippen molar-refractivity contribution in [2.45, 2.75) is 31.6 Å². The van der Waals surface area contributed by atoms with Gasteiger partial charge in [-0.3, -0.25) is 14.5 Å². The van der Waals surface area contributed by atoms with Gasteiger partial charge in [0, 0.05) is 29.8 Å². The number of carbonyl (C=O) groups is 2. The first-order valence-corrected chi connectivity index (χ1v) is 10.6. The van der Waals surface area contributed by atoms with Gasteiger partial charge in [0.2, 0.25) is 5.91 Å². The highest BCUT2D eigenvalue weighted by atomic mass is 19.4.